The Labute approximate surface area is 135 Å². The third-order valence-electron chi connectivity index (χ3n) is 4.49. The zero-order chi connectivity index (χ0) is 14.8. The second-order valence-electron chi connectivity index (χ2n) is 5.82. The van der Waals surface area contributed by atoms with E-state index in [1.807, 2.05) is 11.3 Å². The highest BCUT2D eigenvalue weighted by Gasteiger charge is 2.31. The van der Waals surface area contributed by atoms with E-state index in [0.29, 0.717) is 11.8 Å². The SMILES string of the molecule is C1=C(c2ccccc2)C[C@@H](c2cccs2)C1c1ccccc1. The lowest BCUT2D eigenvalue weighted by molar-refractivity contribution is 0.680. The largest absolute Gasteiger partial charge is 0.149 e. The second kappa shape index (κ2) is 5.94. The van der Waals surface area contributed by atoms with Crippen molar-refractivity contribution in [3.05, 3.63) is 100 Å². The van der Waals surface area contributed by atoms with Crippen LogP contribution in [0.5, 0.6) is 0 Å². The standard InChI is InChI=1S/C21H18S/c1-3-8-16(9-4-1)18-14-19(17-10-5-2-6-11-17)20(15-18)21-12-7-13-22-21/h1-14,19-20H,15H2/t19?,20-/m1/s1. The molecule has 0 fully saturated rings. The van der Waals surface area contributed by atoms with Crippen molar-refractivity contribution in [1.82, 2.24) is 0 Å². The first-order valence-corrected chi connectivity index (χ1v) is 8.64. The van der Waals surface area contributed by atoms with Crippen molar-refractivity contribution < 1.29 is 0 Å². The molecule has 108 valence electrons. The van der Waals surface area contributed by atoms with Crippen molar-refractivity contribution >= 4 is 16.9 Å². The lowest BCUT2D eigenvalue weighted by atomic mass is 9.87. The fourth-order valence-electron chi connectivity index (χ4n) is 3.41. The van der Waals surface area contributed by atoms with Crippen LogP contribution in [0.4, 0.5) is 0 Å². The molecule has 0 radical (unpaired) electrons. The van der Waals surface area contributed by atoms with Gasteiger partial charge in [-0.05, 0) is 34.6 Å². The topological polar surface area (TPSA) is 0 Å². The zero-order valence-electron chi connectivity index (χ0n) is 12.4. The molecule has 0 amide bonds. The molecule has 3 aromatic rings. The summed E-state index contributed by atoms with van der Waals surface area (Å²) in [6.45, 7) is 0. The summed E-state index contributed by atoms with van der Waals surface area (Å²) in [7, 11) is 0. The molecule has 1 aromatic heterocycles. The second-order valence-corrected chi connectivity index (χ2v) is 6.80. The van der Waals surface area contributed by atoms with Crippen LogP contribution in [-0.4, -0.2) is 0 Å². The Morgan fingerprint density at radius 2 is 1.50 bits per heavy atom. The zero-order valence-corrected chi connectivity index (χ0v) is 13.2. The summed E-state index contributed by atoms with van der Waals surface area (Å²) < 4.78 is 0. The van der Waals surface area contributed by atoms with Crippen LogP contribution in [0.15, 0.2) is 84.3 Å². The third-order valence-corrected chi connectivity index (χ3v) is 5.50. The van der Waals surface area contributed by atoms with Gasteiger partial charge in [-0.2, -0.15) is 0 Å². The maximum absolute atomic E-state index is 2.48. The lowest BCUT2D eigenvalue weighted by Crippen LogP contribution is -2.03. The van der Waals surface area contributed by atoms with Crippen LogP contribution in [0.25, 0.3) is 5.57 Å². The molecule has 1 aliphatic carbocycles. The van der Waals surface area contributed by atoms with Crippen LogP contribution in [0.1, 0.15) is 34.3 Å². The first kappa shape index (κ1) is 13.5. The highest BCUT2D eigenvalue weighted by molar-refractivity contribution is 7.10. The molecule has 1 unspecified atom stereocenters. The Balaban J connectivity index is 1.75. The molecule has 4 rings (SSSR count). The van der Waals surface area contributed by atoms with Crippen LogP contribution in [0.3, 0.4) is 0 Å². The Bertz CT molecular complexity index is 754. The summed E-state index contributed by atoms with van der Waals surface area (Å²) >= 11 is 1.88. The molecule has 22 heavy (non-hydrogen) atoms. The van der Waals surface area contributed by atoms with E-state index in [9.17, 15) is 0 Å². The number of allylic oxidation sites excluding steroid dienone is 2. The summed E-state index contributed by atoms with van der Waals surface area (Å²) in [5.41, 5.74) is 4.27. The smallest absolute Gasteiger partial charge is 0.0104 e. The van der Waals surface area contributed by atoms with E-state index in [1.54, 1.807) is 0 Å². The fourth-order valence-corrected chi connectivity index (χ4v) is 4.29. The number of hydrogen-bond acceptors (Lipinski definition) is 1. The molecule has 1 aliphatic rings. The van der Waals surface area contributed by atoms with Gasteiger partial charge in [-0.15, -0.1) is 11.3 Å². The molecule has 0 N–H and O–H groups in total. The Hall–Kier alpha value is -2.12. The summed E-state index contributed by atoms with van der Waals surface area (Å²) in [4.78, 5) is 1.50. The minimum atomic E-state index is 0.482. The maximum Gasteiger partial charge on any atom is 0.0104 e. The van der Waals surface area contributed by atoms with Crippen LogP contribution < -0.4 is 0 Å². The van der Waals surface area contributed by atoms with Crippen LogP contribution in [-0.2, 0) is 0 Å². The van der Waals surface area contributed by atoms with Gasteiger partial charge in [0, 0.05) is 16.7 Å². The summed E-state index contributed by atoms with van der Waals surface area (Å²) in [6.07, 6.45) is 3.61. The Morgan fingerprint density at radius 3 is 2.18 bits per heavy atom. The van der Waals surface area contributed by atoms with Gasteiger partial charge >= 0.3 is 0 Å². The van der Waals surface area contributed by atoms with Crippen molar-refractivity contribution in [3.63, 3.8) is 0 Å². The average molecular weight is 302 g/mol. The van der Waals surface area contributed by atoms with Crippen molar-refractivity contribution in [2.45, 2.75) is 18.3 Å². The molecule has 0 saturated heterocycles. The van der Waals surface area contributed by atoms with Gasteiger partial charge < -0.3 is 0 Å². The van der Waals surface area contributed by atoms with E-state index in [4.69, 9.17) is 0 Å². The predicted octanol–water partition coefficient (Wildman–Crippen LogP) is 6.10. The third kappa shape index (κ3) is 2.53. The van der Waals surface area contributed by atoms with Gasteiger partial charge in [-0.3, -0.25) is 0 Å². The van der Waals surface area contributed by atoms with Crippen LogP contribution in [0, 0.1) is 0 Å². The van der Waals surface area contributed by atoms with Gasteiger partial charge in [0.15, 0.2) is 0 Å². The number of thiophene rings is 1. The molecule has 2 aromatic carbocycles. The van der Waals surface area contributed by atoms with E-state index in [1.165, 1.54) is 21.6 Å². The van der Waals surface area contributed by atoms with Crippen LogP contribution in [0.2, 0.25) is 0 Å². The van der Waals surface area contributed by atoms with E-state index in [2.05, 4.69) is 84.3 Å². The molecular formula is C21H18S. The van der Waals surface area contributed by atoms with E-state index >= 15 is 0 Å². The van der Waals surface area contributed by atoms with Gasteiger partial charge in [0.05, 0.1) is 0 Å². The van der Waals surface area contributed by atoms with E-state index < -0.39 is 0 Å². The minimum Gasteiger partial charge on any atom is -0.149 e. The van der Waals surface area contributed by atoms with Gasteiger partial charge in [0.25, 0.3) is 0 Å². The maximum atomic E-state index is 2.48. The highest BCUT2D eigenvalue weighted by Crippen LogP contribution is 2.48. The Morgan fingerprint density at radius 1 is 0.773 bits per heavy atom. The summed E-state index contributed by atoms with van der Waals surface area (Å²) in [5.74, 6) is 1.05. The highest BCUT2D eigenvalue weighted by atomic mass is 32.1. The molecule has 0 nitrogen and oxygen atoms in total. The van der Waals surface area contributed by atoms with E-state index in [0.717, 1.165) is 6.42 Å². The number of rotatable bonds is 3. The number of benzene rings is 2. The molecule has 2 atom stereocenters. The fraction of sp³-hybridized carbons (Fsp3) is 0.143. The Kier molecular flexibility index (Phi) is 3.65. The monoisotopic (exact) mass is 302 g/mol. The summed E-state index contributed by atoms with van der Waals surface area (Å²) in [5, 5.41) is 2.19. The molecule has 1 heterocycles. The number of hydrogen-bond donors (Lipinski definition) is 0. The van der Waals surface area contributed by atoms with Crippen LogP contribution >= 0.6 is 11.3 Å². The van der Waals surface area contributed by atoms with Gasteiger partial charge in [0.1, 0.15) is 0 Å². The minimum absolute atomic E-state index is 0.482. The quantitative estimate of drug-likeness (QED) is 0.548. The first-order chi connectivity index (χ1) is 10.9. The van der Waals surface area contributed by atoms with E-state index in [-0.39, 0.29) is 0 Å². The summed E-state index contributed by atoms with van der Waals surface area (Å²) in [6, 6.07) is 26.2. The van der Waals surface area contributed by atoms with Crippen molar-refractivity contribution in [2.75, 3.05) is 0 Å². The molecule has 0 aliphatic heterocycles. The normalized spacial score (nSPS) is 20.8. The predicted molar refractivity (Wildman–Crippen MR) is 95.3 cm³/mol. The molecule has 0 spiro atoms. The van der Waals surface area contributed by atoms with Gasteiger partial charge in [-0.25, -0.2) is 0 Å². The van der Waals surface area contributed by atoms with Crippen molar-refractivity contribution in [2.24, 2.45) is 0 Å². The van der Waals surface area contributed by atoms with Crippen molar-refractivity contribution in [1.29, 1.82) is 0 Å². The average Bonchev–Trinajstić information content (AvgIpc) is 3.26. The van der Waals surface area contributed by atoms with Crippen molar-refractivity contribution in [3.8, 4) is 0 Å². The molecule has 0 saturated carbocycles. The molecule has 1 heteroatoms. The lowest BCUT2D eigenvalue weighted by Gasteiger charge is -2.18. The first-order valence-electron chi connectivity index (χ1n) is 7.76. The van der Waals surface area contributed by atoms with Gasteiger partial charge in [0.2, 0.25) is 0 Å². The van der Waals surface area contributed by atoms with Gasteiger partial charge in [-0.1, -0.05) is 72.8 Å². The molecule has 0 bridgehead atoms. The molecular weight excluding hydrogens is 284 g/mol.